The van der Waals surface area contributed by atoms with Crippen LogP contribution in [0.4, 0.5) is 0 Å². The quantitative estimate of drug-likeness (QED) is 0.815. The number of carbonyl (C=O) groups is 1. The van der Waals surface area contributed by atoms with E-state index in [-0.39, 0.29) is 5.91 Å². The number of hydrogen-bond donors (Lipinski definition) is 0. The van der Waals surface area contributed by atoms with Crippen molar-refractivity contribution in [3.8, 4) is 5.75 Å². The molecule has 0 saturated carbocycles. The Labute approximate surface area is 130 Å². The van der Waals surface area contributed by atoms with E-state index < -0.39 is 0 Å². The van der Waals surface area contributed by atoms with Crippen molar-refractivity contribution in [1.29, 1.82) is 0 Å². The number of aryl methyl sites for hydroxylation is 1. The van der Waals surface area contributed by atoms with Crippen LogP contribution >= 0.6 is 11.3 Å². The second kappa shape index (κ2) is 7.27. The maximum absolute atomic E-state index is 12.3. The first kappa shape index (κ1) is 15.6. The fourth-order valence-electron chi connectivity index (χ4n) is 2.05. The van der Waals surface area contributed by atoms with Crippen molar-refractivity contribution in [3.05, 3.63) is 51.7 Å². The Kier molecular flexibility index (Phi) is 5.39. The van der Waals surface area contributed by atoms with Crippen LogP contribution in [-0.4, -0.2) is 24.5 Å². The highest BCUT2D eigenvalue weighted by Gasteiger charge is 2.12. The molecule has 0 radical (unpaired) electrons. The third-order valence-electron chi connectivity index (χ3n) is 3.36. The lowest BCUT2D eigenvalue weighted by atomic mass is 10.1. The zero-order valence-corrected chi connectivity index (χ0v) is 13.6. The molecule has 2 aromatic rings. The van der Waals surface area contributed by atoms with Crippen molar-refractivity contribution in [1.82, 2.24) is 4.90 Å². The number of amides is 1. The van der Waals surface area contributed by atoms with Crippen molar-refractivity contribution in [2.75, 3.05) is 13.7 Å². The maximum Gasteiger partial charge on any atom is 0.227 e. The van der Waals surface area contributed by atoms with Crippen molar-refractivity contribution >= 4 is 17.2 Å². The predicted molar refractivity (Wildman–Crippen MR) is 86.8 cm³/mol. The number of carbonyl (C=O) groups excluding carboxylic acids is 1. The third-order valence-corrected chi connectivity index (χ3v) is 4.37. The van der Waals surface area contributed by atoms with Gasteiger partial charge in [0, 0.05) is 11.9 Å². The van der Waals surface area contributed by atoms with Gasteiger partial charge < -0.3 is 9.64 Å². The lowest BCUT2D eigenvalue weighted by molar-refractivity contribution is -0.129. The standard InChI is InChI=1S/C17H21NO2S/c1-4-20-15-7-5-14(6-8-15)11-17(19)18(3)12-16-13(2)9-10-21-16/h5-10H,4,11-12H2,1-3H3. The van der Waals surface area contributed by atoms with Crippen LogP contribution in [0.5, 0.6) is 5.75 Å². The van der Waals surface area contributed by atoms with Crippen LogP contribution in [0.15, 0.2) is 35.7 Å². The van der Waals surface area contributed by atoms with E-state index in [1.807, 2.05) is 38.2 Å². The molecule has 4 heteroatoms. The van der Waals surface area contributed by atoms with Gasteiger partial charge in [0.05, 0.1) is 19.6 Å². The summed E-state index contributed by atoms with van der Waals surface area (Å²) in [6, 6.07) is 9.82. The fourth-order valence-corrected chi connectivity index (χ4v) is 3.01. The number of nitrogens with zero attached hydrogens (tertiary/aromatic N) is 1. The van der Waals surface area contributed by atoms with Crippen molar-refractivity contribution in [3.63, 3.8) is 0 Å². The van der Waals surface area contributed by atoms with Gasteiger partial charge in [0.1, 0.15) is 5.75 Å². The number of hydrogen-bond acceptors (Lipinski definition) is 3. The molecule has 0 aliphatic carbocycles. The lowest BCUT2D eigenvalue weighted by Gasteiger charge is -2.17. The van der Waals surface area contributed by atoms with Gasteiger partial charge in [-0.05, 0) is 48.6 Å². The van der Waals surface area contributed by atoms with Gasteiger partial charge in [-0.15, -0.1) is 11.3 Å². The van der Waals surface area contributed by atoms with Gasteiger partial charge in [0.2, 0.25) is 5.91 Å². The molecule has 0 aliphatic heterocycles. The Balaban J connectivity index is 1.92. The summed E-state index contributed by atoms with van der Waals surface area (Å²) in [5.74, 6) is 0.975. The first-order valence-electron chi connectivity index (χ1n) is 7.08. The van der Waals surface area contributed by atoms with Gasteiger partial charge in [-0.3, -0.25) is 4.79 Å². The monoisotopic (exact) mass is 303 g/mol. The Morgan fingerprint density at radius 2 is 1.95 bits per heavy atom. The van der Waals surface area contributed by atoms with Crippen LogP contribution in [0.3, 0.4) is 0 Å². The molecule has 112 valence electrons. The molecule has 0 atom stereocenters. The van der Waals surface area contributed by atoms with E-state index in [9.17, 15) is 4.79 Å². The second-order valence-corrected chi connectivity index (χ2v) is 6.03. The second-order valence-electron chi connectivity index (χ2n) is 5.03. The lowest BCUT2D eigenvalue weighted by Crippen LogP contribution is -2.27. The number of rotatable bonds is 6. The summed E-state index contributed by atoms with van der Waals surface area (Å²) in [4.78, 5) is 15.3. The van der Waals surface area contributed by atoms with E-state index in [1.54, 1.807) is 16.2 Å². The minimum Gasteiger partial charge on any atom is -0.494 e. The van der Waals surface area contributed by atoms with Crippen molar-refractivity contribution < 1.29 is 9.53 Å². The summed E-state index contributed by atoms with van der Waals surface area (Å²) in [7, 11) is 1.86. The molecule has 1 amide bonds. The van der Waals surface area contributed by atoms with Crippen molar-refractivity contribution in [2.24, 2.45) is 0 Å². The maximum atomic E-state index is 12.3. The van der Waals surface area contributed by atoms with E-state index in [0.717, 1.165) is 11.3 Å². The van der Waals surface area contributed by atoms with E-state index in [1.165, 1.54) is 10.4 Å². The molecule has 3 nitrogen and oxygen atoms in total. The van der Waals surface area contributed by atoms with Crippen LogP contribution < -0.4 is 4.74 Å². The highest BCUT2D eigenvalue weighted by atomic mass is 32.1. The van der Waals surface area contributed by atoms with Crippen LogP contribution in [-0.2, 0) is 17.8 Å². The van der Waals surface area contributed by atoms with Crippen LogP contribution in [0.1, 0.15) is 22.9 Å². The molecule has 0 aliphatic rings. The molecule has 2 rings (SSSR count). The molecular weight excluding hydrogens is 282 g/mol. The first-order valence-corrected chi connectivity index (χ1v) is 7.96. The first-order chi connectivity index (χ1) is 10.1. The SMILES string of the molecule is CCOc1ccc(CC(=O)N(C)Cc2sccc2C)cc1. The minimum atomic E-state index is 0.131. The summed E-state index contributed by atoms with van der Waals surface area (Å²) in [6.45, 7) is 5.37. The van der Waals surface area contributed by atoms with Gasteiger partial charge in [0.15, 0.2) is 0 Å². The topological polar surface area (TPSA) is 29.5 Å². The van der Waals surface area contributed by atoms with Gasteiger partial charge in [-0.2, -0.15) is 0 Å². The predicted octanol–water partition coefficient (Wildman–Crippen LogP) is 3.66. The molecule has 1 aromatic carbocycles. The summed E-state index contributed by atoms with van der Waals surface area (Å²) in [5.41, 5.74) is 2.26. The Hall–Kier alpha value is -1.81. The van der Waals surface area contributed by atoms with Crippen LogP contribution in [0.2, 0.25) is 0 Å². The molecule has 0 fully saturated rings. The number of benzene rings is 1. The number of ether oxygens (including phenoxy) is 1. The van der Waals surface area contributed by atoms with E-state index in [4.69, 9.17) is 4.74 Å². The van der Waals surface area contributed by atoms with Gasteiger partial charge in [0.25, 0.3) is 0 Å². The Morgan fingerprint density at radius 1 is 1.24 bits per heavy atom. The van der Waals surface area contributed by atoms with E-state index in [2.05, 4.69) is 18.4 Å². The Bertz CT molecular complexity index is 589. The molecular formula is C17H21NO2S. The average Bonchev–Trinajstić information content (AvgIpc) is 2.86. The average molecular weight is 303 g/mol. The zero-order valence-electron chi connectivity index (χ0n) is 12.8. The molecule has 0 bridgehead atoms. The zero-order chi connectivity index (χ0) is 15.2. The molecule has 1 aromatic heterocycles. The van der Waals surface area contributed by atoms with E-state index >= 15 is 0 Å². The van der Waals surface area contributed by atoms with Gasteiger partial charge in [-0.25, -0.2) is 0 Å². The third kappa shape index (κ3) is 4.33. The van der Waals surface area contributed by atoms with Gasteiger partial charge in [-0.1, -0.05) is 12.1 Å². The highest BCUT2D eigenvalue weighted by Crippen LogP contribution is 2.18. The molecule has 1 heterocycles. The molecule has 21 heavy (non-hydrogen) atoms. The normalized spacial score (nSPS) is 10.4. The van der Waals surface area contributed by atoms with Crippen LogP contribution in [0, 0.1) is 6.92 Å². The van der Waals surface area contributed by atoms with Crippen molar-refractivity contribution in [2.45, 2.75) is 26.8 Å². The van der Waals surface area contributed by atoms with E-state index in [0.29, 0.717) is 19.6 Å². The van der Waals surface area contributed by atoms with Gasteiger partial charge >= 0.3 is 0 Å². The summed E-state index contributed by atoms with van der Waals surface area (Å²) in [6.07, 6.45) is 0.424. The number of thiophene rings is 1. The summed E-state index contributed by atoms with van der Waals surface area (Å²) >= 11 is 1.70. The summed E-state index contributed by atoms with van der Waals surface area (Å²) < 4.78 is 5.40. The fraction of sp³-hybridized carbons (Fsp3) is 0.353. The highest BCUT2D eigenvalue weighted by molar-refractivity contribution is 7.10. The summed E-state index contributed by atoms with van der Waals surface area (Å²) in [5, 5.41) is 2.06. The molecule has 0 spiro atoms. The largest absolute Gasteiger partial charge is 0.494 e. The molecule has 0 saturated heterocycles. The Morgan fingerprint density at radius 3 is 2.52 bits per heavy atom. The molecule has 0 unspecified atom stereocenters. The minimum absolute atomic E-state index is 0.131. The number of likely N-dealkylation sites (N-methyl/N-ethyl adjacent to an activating group) is 1. The van der Waals surface area contributed by atoms with Crippen LogP contribution in [0.25, 0.3) is 0 Å². The molecule has 0 N–H and O–H groups in total. The smallest absolute Gasteiger partial charge is 0.227 e.